The van der Waals surface area contributed by atoms with Crippen LogP contribution in [0.2, 0.25) is 0 Å². The zero-order valence-corrected chi connectivity index (χ0v) is 20.4. The molecule has 0 radical (unpaired) electrons. The predicted molar refractivity (Wildman–Crippen MR) is 124 cm³/mol. The number of aromatic nitrogens is 3. The molecule has 1 N–H and O–H groups in total. The van der Waals surface area contributed by atoms with Crippen molar-refractivity contribution in [2.75, 3.05) is 29.6 Å². The van der Waals surface area contributed by atoms with E-state index in [0.29, 0.717) is 5.95 Å². The van der Waals surface area contributed by atoms with Crippen molar-refractivity contribution >= 4 is 17.3 Å². The summed E-state index contributed by atoms with van der Waals surface area (Å²) in [5.41, 5.74) is 5.10. The number of anilines is 2. The predicted octanol–water partition coefficient (Wildman–Crippen LogP) is 1.51. The number of hydrogen-bond acceptors (Lipinski definition) is 6. The molecule has 0 atom stereocenters. The number of hydrogen-bond donors (Lipinski definition) is 1. The van der Waals surface area contributed by atoms with Crippen molar-refractivity contribution in [3.05, 3.63) is 66.2 Å². The van der Waals surface area contributed by atoms with Gasteiger partial charge in [-0.1, -0.05) is 0 Å². The van der Waals surface area contributed by atoms with Crippen LogP contribution in [0.15, 0.2) is 60.7 Å². The van der Waals surface area contributed by atoms with Gasteiger partial charge in [-0.15, -0.1) is 0 Å². The van der Waals surface area contributed by atoms with Gasteiger partial charge in [0.1, 0.15) is 5.75 Å². The molecule has 2 aromatic carbocycles. The van der Waals surface area contributed by atoms with E-state index in [0.717, 1.165) is 51.7 Å². The number of benzene rings is 2. The first kappa shape index (κ1) is 20.7. The third kappa shape index (κ3) is 4.49. The van der Waals surface area contributed by atoms with Gasteiger partial charge in [-0.3, -0.25) is 0 Å². The minimum absolute atomic E-state index is 0.299. The Kier molecular flexibility index (Phi) is 5.77. The topological polar surface area (TPSA) is 63.9 Å². The van der Waals surface area contributed by atoms with E-state index >= 15 is 0 Å². The van der Waals surface area contributed by atoms with Gasteiger partial charge in [0, 0.05) is 6.42 Å². The van der Waals surface area contributed by atoms with Crippen LogP contribution in [-0.4, -0.2) is 43.7 Å². The van der Waals surface area contributed by atoms with Gasteiger partial charge in [-0.2, -0.15) is 0 Å². The molecule has 0 saturated carbocycles. The number of nitrogens with zero attached hydrogens (tertiary/aromatic N) is 4. The molecule has 6 rings (SSSR count). The van der Waals surface area contributed by atoms with Crippen LogP contribution in [0.1, 0.15) is 18.4 Å². The van der Waals surface area contributed by atoms with E-state index in [-0.39, 0.29) is 21.6 Å². The molecule has 8 heteroatoms. The van der Waals surface area contributed by atoms with Gasteiger partial charge < -0.3 is 4.74 Å². The Morgan fingerprint density at radius 2 is 1.91 bits per heavy atom. The van der Waals surface area contributed by atoms with Crippen LogP contribution in [0.25, 0.3) is 16.9 Å². The van der Waals surface area contributed by atoms with Gasteiger partial charge in [0.05, 0.1) is 6.61 Å². The Labute approximate surface area is 203 Å². The molecule has 0 unspecified atom stereocenters. The number of pyridine rings is 1. The molecule has 4 aromatic rings. The number of fused-ring (bicyclic) bond motifs is 2. The molecule has 0 amide bonds. The first-order chi connectivity index (χ1) is 16.3. The molecule has 170 valence electrons. The molecule has 1 saturated heterocycles. The quantitative estimate of drug-likeness (QED) is 0.213. The third-order valence-corrected chi connectivity index (χ3v) is 8.08. The molecule has 2 aromatic heterocycles. The summed E-state index contributed by atoms with van der Waals surface area (Å²) in [6.45, 7) is 3.20. The van der Waals surface area contributed by atoms with Crippen molar-refractivity contribution in [2.24, 2.45) is 0 Å². The summed E-state index contributed by atoms with van der Waals surface area (Å²) in [6.07, 6.45) is 3.60. The Morgan fingerprint density at radius 1 is 1.03 bits per heavy atom. The molecule has 0 bridgehead atoms. The van der Waals surface area contributed by atoms with Gasteiger partial charge in [-0.25, -0.2) is 0 Å². The maximum atomic E-state index is 6.01. The SMILES string of the molecule is c1cc(-c2ccc3c(c2)CCO3)n2nc(Nc3ccc(O[I-]CN4CCCC4)cc3)nc2c1. The van der Waals surface area contributed by atoms with Crippen LogP contribution >= 0.6 is 0 Å². The summed E-state index contributed by atoms with van der Waals surface area (Å²) in [5, 5.41) is 8.05. The molecule has 33 heavy (non-hydrogen) atoms. The van der Waals surface area contributed by atoms with Crippen LogP contribution < -0.4 is 34.7 Å². The van der Waals surface area contributed by atoms with E-state index in [9.17, 15) is 0 Å². The number of alkyl halides is 1. The van der Waals surface area contributed by atoms with E-state index in [2.05, 4.69) is 33.4 Å². The first-order valence-corrected chi connectivity index (χ1v) is 13.7. The van der Waals surface area contributed by atoms with Crippen LogP contribution in [-0.2, 0) is 6.42 Å². The van der Waals surface area contributed by atoms with Crippen molar-refractivity contribution in [1.82, 2.24) is 19.5 Å². The third-order valence-electron chi connectivity index (χ3n) is 6.02. The van der Waals surface area contributed by atoms with E-state index in [1.807, 2.05) is 47.0 Å². The summed E-state index contributed by atoms with van der Waals surface area (Å²) in [6, 6.07) is 20.4. The van der Waals surface area contributed by atoms with E-state index in [1.165, 1.54) is 31.5 Å². The van der Waals surface area contributed by atoms with Crippen LogP contribution in [0.5, 0.6) is 11.5 Å². The summed E-state index contributed by atoms with van der Waals surface area (Å²) in [7, 11) is 0. The molecule has 1 fully saturated rings. The fourth-order valence-corrected chi connectivity index (χ4v) is 6.17. The van der Waals surface area contributed by atoms with Crippen LogP contribution in [0, 0.1) is 0 Å². The molecule has 2 aliphatic rings. The standard InChI is InChI=1S/C25H25IN5O2/c1-2-14-30(13-1)17-26-33-21-9-7-20(8-10-21)27-25-28-24-5-3-4-22(31(24)29-25)18-6-11-23-19(16-18)12-15-32-23/h3-11,16H,1-2,12-15,17H2,(H,27,29)/q-1. The van der Waals surface area contributed by atoms with E-state index < -0.39 is 0 Å². The summed E-state index contributed by atoms with van der Waals surface area (Å²) < 4.78 is 14.7. The van der Waals surface area contributed by atoms with Crippen molar-refractivity contribution in [3.8, 4) is 22.8 Å². The Bertz CT molecular complexity index is 1270. The second-order valence-corrected chi connectivity index (χ2v) is 10.1. The minimum atomic E-state index is -0.299. The average Bonchev–Trinajstić information content (AvgIpc) is 3.60. The van der Waals surface area contributed by atoms with Gasteiger partial charge in [0.2, 0.25) is 0 Å². The van der Waals surface area contributed by atoms with Crippen molar-refractivity contribution in [3.63, 3.8) is 0 Å². The molecular formula is C25H25IN5O2-. The molecule has 4 heterocycles. The molecular weight excluding hydrogens is 529 g/mol. The monoisotopic (exact) mass is 554 g/mol. The first-order valence-electron chi connectivity index (χ1n) is 11.3. The number of rotatable bonds is 7. The fraction of sp³-hybridized carbons (Fsp3) is 0.280. The number of halogens is 1. The number of likely N-dealkylation sites (tertiary alicyclic amines) is 1. The van der Waals surface area contributed by atoms with Gasteiger partial charge in [-0.05, 0) is 11.6 Å². The normalized spacial score (nSPS) is 15.6. The Balaban J connectivity index is 1.16. The second-order valence-electron chi connectivity index (χ2n) is 8.32. The zero-order valence-electron chi connectivity index (χ0n) is 18.2. The zero-order chi connectivity index (χ0) is 22.0. The Hall–Kier alpha value is -2.85. The van der Waals surface area contributed by atoms with Crippen molar-refractivity contribution in [1.29, 1.82) is 0 Å². The van der Waals surface area contributed by atoms with Crippen molar-refractivity contribution < 1.29 is 29.4 Å². The fourth-order valence-electron chi connectivity index (χ4n) is 4.30. The van der Waals surface area contributed by atoms with Crippen LogP contribution in [0.4, 0.5) is 11.6 Å². The van der Waals surface area contributed by atoms with Crippen molar-refractivity contribution in [2.45, 2.75) is 19.3 Å². The number of ether oxygens (including phenoxy) is 1. The van der Waals surface area contributed by atoms with Gasteiger partial charge >= 0.3 is 169 Å². The molecule has 0 spiro atoms. The second kappa shape index (κ2) is 9.18. The number of nitrogens with one attached hydrogen (secondary N) is 1. The molecule has 0 aliphatic carbocycles. The molecule has 2 aliphatic heterocycles. The average molecular weight is 554 g/mol. The maximum absolute atomic E-state index is 6.01. The van der Waals surface area contributed by atoms with Gasteiger partial charge in [0.25, 0.3) is 0 Å². The summed E-state index contributed by atoms with van der Waals surface area (Å²) in [4.78, 5) is 7.17. The summed E-state index contributed by atoms with van der Waals surface area (Å²) in [5.74, 6) is 2.48. The van der Waals surface area contributed by atoms with E-state index in [1.54, 1.807) is 0 Å². The molecule has 7 nitrogen and oxygen atoms in total. The Morgan fingerprint density at radius 3 is 2.79 bits per heavy atom. The van der Waals surface area contributed by atoms with Crippen LogP contribution in [0.3, 0.4) is 0 Å². The van der Waals surface area contributed by atoms with E-state index in [4.69, 9.17) is 12.9 Å². The summed E-state index contributed by atoms with van der Waals surface area (Å²) >= 11 is -0.299. The van der Waals surface area contributed by atoms with Gasteiger partial charge in [0.15, 0.2) is 0 Å².